The molecule has 1 saturated carbocycles. The van der Waals surface area contributed by atoms with E-state index in [9.17, 15) is 5.11 Å². The van der Waals surface area contributed by atoms with Crippen LogP contribution in [0.15, 0.2) is 24.3 Å². The van der Waals surface area contributed by atoms with Gasteiger partial charge in [-0.05, 0) is 37.5 Å². The lowest BCUT2D eigenvalue weighted by Crippen LogP contribution is -2.52. The van der Waals surface area contributed by atoms with Crippen molar-refractivity contribution < 1.29 is 9.84 Å². The molecular weight excluding hydrogens is 262 g/mol. The summed E-state index contributed by atoms with van der Waals surface area (Å²) in [6, 6.07) is 7.81. The maximum Gasteiger partial charge on any atom is 0.126 e. The second-order valence-electron chi connectivity index (χ2n) is 5.46. The summed E-state index contributed by atoms with van der Waals surface area (Å²) < 4.78 is 5.89. The van der Waals surface area contributed by atoms with Crippen LogP contribution < -0.4 is 10.1 Å². The highest BCUT2D eigenvalue weighted by atomic mass is 35.5. The topological polar surface area (TPSA) is 41.5 Å². The summed E-state index contributed by atoms with van der Waals surface area (Å²) in [4.78, 5) is 0. The maximum atomic E-state index is 10.4. The summed E-state index contributed by atoms with van der Waals surface area (Å²) in [7, 11) is 0. The van der Waals surface area contributed by atoms with E-state index in [0.29, 0.717) is 11.1 Å². The minimum Gasteiger partial charge on any atom is -0.488 e. The first-order chi connectivity index (χ1) is 9.06. The molecular formula is C15H22ClNO2. The molecule has 3 atom stereocenters. The fraction of sp³-hybridized carbons (Fsp3) is 0.600. The van der Waals surface area contributed by atoms with Crippen LogP contribution in [0, 0.1) is 0 Å². The summed E-state index contributed by atoms with van der Waals surface area (Å²) in [6.07, 6.45) is 2.30. The lowest BCUT2D eigenvalue weighted by atomic mass is 9.89. The van der Waals surface area contributed by atoms with E-state index in [1.54, 1.807) is 6.07 Å². The zero-order valence-electron chi connectivity index (χ0n) is 11.5. The Kier molecular flexibility index (Phi) is 5.08. The van der Waals surface area contributed by atoms with Gasteiger partial charge >= 0.3 is 0 Å². The Morgan fingerprint density at radius 3 is 2.84 bits per heavy atom. The molecule has 0 heterocycles. The number of aliphatic hydroxyl groups excluding tert-OH is 1. The Morgan fingerprint density at radius 2 is 2.16 bits per heavy atom. The van der Waals surface area contributed by atoms with Crippen molar-refractivity contribution in [3.63, 3.8) is 0 Å². The quantitative estimate of drug-likeness (QED) is 0.893. The Morgan fingerprint density at radius 1 is 1.37 bits per heavy atom. The van der Waals surface area contributed by atoms with Crippen LogP contribution in [0.3, 0.4) is 0 Å². The van der Waals surface area contributed by atoms with Crippen LogP contribution in [-0.4, -0.2) is 29.4 Å². The molecule has 1 aromatic carbocycles. The summed E-state index contributed by atoms with van der Waals surface area (Å²) in [5.41, 5.74) is 0. The Bertz CT molecular complexity index is 411. The lowest BCUT2D eigenvalue weighted by Gasteiger charge is -2.36. The average molecular weight is 284 g/mol. The van der Waals surface area contributed by atoms with E-state index in [1.165, 1.54) is 0 Å². The summed E-state index contributed by atoms with van der Waals surface area (Å²) in [5.74, 6) is 0.724. The highest BCUT2D eigenvalue weighted by Crippen LogP contribution is 2.26. The van der Waals surface area contributed by atoms with E-state index in [0.717, 1.165) is 25.0 Å². The predicted molar refractivity (Wildman–Crippen MR) is 77.8 cm³/mol. The third-order valence-corrected chi connectivity index (χ3v) is 3.66. The number of aliphatic hydroxyl groups is 1. The monoisotopic (exact) mass is 283 g/mol. The number of halogens is 1. The molecule has 0 aliphatic heterocycles. The lowest BCUT2D eigenvalue weighted by molar-refractivity contribution is -0.0171. The van der Waals surface area contributed by atoms with Gasteiger partial charge in [-0.25, -0.2) is 0 Å². The van der Waals surface area contributed by atoms with Crippen molar-refractivity contribution in [1.29, 1.82) is 0 Å². The summed E-state index contributed by atoms with van der Waals surface area (Å²) in [6.45, 7) is 4.18. The van der Waals surface area contributed by atoms with Crippen molar-refractivity contribution >= 4 is 11.6 Å². The van der Waals surface area contributed by atoms with Crippen LogP contribution in [0.4, 0.5) is 0 Å². The predicted octanol–water partition coefficient (Wildman–Crippen LogP) is 3.00. The molecule has 2 N–H and O–H groups in total. The minimum atomic E-state index is -0.477. The van der Waals surface area contributed by atoms with Gasteiger partial charge in [-0.1, -0.05) is 31.5 Å². The molecule has 1 aromatic rings. The van der Waals surface area contributed by atoms with Crippen molar-refractivity contribution in [1.82, 2.24) is 5.32 Å². The molecule has 0 aromatic heterocycles. The van der Waals surface area contributed by atoms with Crippen LogP contribution >= 0.6 is 11.6 Å². The van der Waals surface area contributed by atoms with Crippen molar-refractivity contribution in [3.8, 4) is 5.75 Å². The molecule has 19 heavy (non-hydrogen) atoms. The van der Waals surface area contributed by atoms with E-state index in [-0.39, 0.29) is 12.1 Å². The minimum absolute atomic E-state index is 0.109. The molecule has 0 amide bonds. The normalized spacial score (nSPS) is 27.5. The Hall–Kier alpha value is -0.770. The first-order valence-corrected chi connectivity index (χ1v) is 7.30. The van der Waals surface area contributed by atoms with Crippen LogP contribution in [0.1, 0.15) is 33.1 Å². The SMILES string of the molecule is CC(C)N[C@H]1CCC[C@@H](Oc2cccc(Cl)c2)[C@@H]1O. The van der Waals surface area contributed by atoms with Crippen molar-refractivity contribution in [3.05, 3.63) is 29.3 Å². The van der Waals surface area contributed by atoms with Gasteiger partial charge in [0.1, 0.15) is 18.0 Å². The smallest absolute Gasteiger partial charge is 0.126 e. The third-order valence-electron chi connectivity index (χ3n) is 3.43. The van der Waals surface area contributed by atoms with Gasteiger partial charge in [-0.15, -0.1) is 0 Å². The molecule has 3 nitrogen and oxygen atoms in total. The van der Waals surface area contributed by atoms with E-state index in [1.807, 2.05) is 18.2 Å². The van der Waals surface area contributed by atoms with Gasteiger partial charge in [0.05, 0.1) is 0 Å². The van der Waals surface area contributed by atoms with E-state index in [2.05, 4.69) is 19.2 Å². The fourth-order valence-corrected chi connectivity index (χ4v) is 2.77. The first kappa shape index (κ1) is 14.6. The third kappa shape index (κ3) is 4.10. The zero-order valence-corrected chi connectivity index (χ0v) is 12.2. The Balaban J connectivity index is 1.99. The van der Waals surface area contributed by atoms with Crippen LogP contribution in [-0.2, 0) is 0 Å². The molecule has 1 fully saturated rings. The molecule has 0 bridgehead atoms. The second-order valence-corrected chi connectivity index (χ2v) is 5.90. The molecule has 0 saturated heterocycles. The molecule has 0 unspecified atom stereocenters. The fourth-order valence-electron chi connectivity index (χ4n) is 2.59. The number of nitrogens with one attached hydrogen (secondary N) is 1. The standard InChI is InChI=1S/C15H22ClNO2/c1-10(2)17-13-7-4-8-14(15(13)18)19-12-6-3-5-11(16)9-12/h3,5-6,9-10,13-15,17-18H,4,7-8H2,1-2H3/t13-,14+,15+/m0/s1. The Labute approximate surface area is 119 Å². The first-order valence-electron chi connectivity index (χ1n) is 6.92. The highest BCUT2D eigenvalue weighted by Gasteiger charge is 2.33. The van der Waals surface area contributed by atoms with E-state index < -0.39 is 6.10 Å². The molecule has 1 aliphatic rings. The maximum absolute atomic E-state index is 10.4. The number of hydrogen-bond acceptors (Lipinski definition) is 3. The molecule has 1 aliphatic carbocycles. The van der Waals surface area contributed by atoms with Crippen molar-refractivity contribution in [2.45, 2.75) is 57.4 Å². The average Bonchev–Trinajstić information content (AvgIpc) is 2.34. The number of ether oxygens (including phenoxy) is 1. The van der Waals surface area contributed by atoms with Gasteiger partial charge in [0.2, 0.25) is 0 Å². The number of rotatable bonds is 4. The van der Waals surface area contributed by atoms with Gasteiger partial charge in [0, 0.05) is 17.1 Å². The van der Waals surface area contributed by atoms with Gasteiger partial charge in [-0.2, -0.15) is 0 Å². The molecule has 106 valence electrons. The van der Waals surface area contributed by atoms with Crippen molar-refractivity contribution in [2.24, 2.45) is 0 Å². The molecule has 0 spiro atoms. The summed E-state index contributed by atoms with van der Waals surface area (Å²) >= 11 is 5.94. The van der Waals surface area contributed by atoms with Crippen LogP contribution in [0.2, 0.25) is 5.02 Å². The molecule has 2 rings (SSSR count). The van der Waals surface area contributed by atoms with Crippen LogP contribution in [0.5, 0.6) is 5.75 Å². The van der Waals surface area contributed by atoms with Crippen molar-refractivity contribution in [2.75, 3.05) is 0 Å². The molecule has 0 radical (unpaired) electrons. The van der Waals surface area contributed by atoms with E-state index in [4.69, 9.17) is 16.3 Å². The summed E-state index contributed by atoms with van der Waals surface area (Å²) in [5, 5.41) is 14.4. The number of benzene rings is 1. The van der Waals surface area contributed by atoms with Crippen LogP contribution in [0.25, 0.3) is 0 Å². The largest absolute Gasteiger partial charge is 0.488 e. The zero-order chi connectivity index (χ0) is 13.8. The number of hydrogen-bond donors (Lipinski definition) is 2. The van der Waals surface area contributed by atoms with Gasteiger partial charge in [0.25, 0.3) is 0 Å². The van der Waals surface area contributed by atoms with Gasteiger partial charge in [0.15, 0.2) is 0 Å². The molecule has 4 heteroatoms. The highest BCUT2D eigenvalue weighted by molar-refractivity contribution is 6.30. The van der Waals surface area contributed by atoms with Gasteiger partial charge in [-0.3, -0.25) is 0 Å². The van der Waals surface area contributed by atoms with E-state index >= 15 is 0 Å². The van der Waals surface area contributed by atoms with Gasteiger partial charge < -0.3 is 15.2 Å². The second kappa shape index (κ2) is 6.60.